The van der Waals surface area contributed by atoms with Crippen LogP contribution in [-0.4, -0.2) is 22.0 Å². The molecule has 0 fully saturated rings. The number of sulfonamides is 1. The summed E-state index contributed by atoms with van der Waals surface area (Å²) in [4.78, 5) is -0.103. The quantitative estimate of drug-likeness (QED) is 0.811. The predicted molar refractivity (Wildman–Crippen MR) is 78.8 cm³/mol. The van der Waals surface area contributed by atoms with Crippen molar-refractivity contribution in [3.63, 3.8) is 0 Å². The number of benzene rings is 1. The molecule has 4 nitrogen and oxygen atoms in total. The first-order chi connectivity index (χ1) is 9.27. The van der Waals surface area contributed by atoms with E-state index in [1.807, 2.05) is 13.8 Å². The molecule has 0 bridgehead atoms. The van der Waals surface area contributed by atoms with Crippen molar-refractivity contribution in [3.05, 3.63) is 28.5 Å². The summed E-state index contributed by atoms with van der Waals surface area (Å²) in [6.45, 7) is 4.62. The molecular formula is C13H20ClFN2O2S. The Morgan fingerprint density at radius 2 is 2.00 bits per heavy atom. The summed E-state index contributed by atoms with van der Waals surface area (Å²) in [5, 5.41) is 2.77. The second kappa shape index (κ2) is 7.36. The highest BCUT2D eigenvalue weighted by molar-refractivity contribution is 7.89. The van der Waals surface area contributed by atoms with Crippen molar-refractivity contribution in [1.82, 2.24) is 10.0 Å². The number of nitrogens with one attached hydrogen (secondary N) is 2. The summed E-state index contributed by atoms with van der Waals surface area (Å²) in [5.74, 6) is -0.344. The molecule has 0 heterocycles. The third kappa shape index (κ3) is 4.70. The van der Waals surface area contributed by atoms with Gasteiger partial charge in [-0.25, -0.2) is 17.5 Å². The lowest BCUT2D eigenvalue weighted by Crippen LogP contribution is -2.26. The fourth-order valence-corrected chi connectivity index (χ4v) is 2.94. The van der Waals surface area contributed by atoms with Gasteiger partial charge in [-0.1, -0.05) is 25.4 Å². The smallest absolute Gasteiger partial charge is 0.240 e. The van der Waals surface area contributed by atoms with Crippen LogP contribution in [0.2, 0.25) is 5.02 Å². The molecule has 0 aromatic heterocycles. The predicted octanol–water partition coefficient (Wildman–Crippen LogP) is 2.52. The van der Waals surface area contributed by atoms with E-state index in [9.17, 15) is 12.8 Å². The summed E-state index contributed by atoms with van der Waals surface area (Å²) in [7, 11) is -2.04. The van der Waals surface area contributed by atoms with Crippen LogP contribution in [0.25, 0.3) is 0 Å². The molecule has 0 amide bonds. The highest BCUT2D eigenvalue weighted by atomic mass is 35.5. The average molecular weight is 323 g/mol. The highest BCUT2D eigenvalue weighted by Crippen LogP contribution is 2.24. The molecule has 0 aliphatic heterocycles. The molecule has 1 aromatic carbocycles. The van der Waals surface area contributed by atoms with Gasteiger partial charge < -0.3 is 5.32 Å². The fraction of sp³-hybridized carbons (Fsp3) is 0.538. The third-order valence-electron chi connectivity index (χ3n) is 2.77. The number of halogens is 2. The Kier molecular flexibility index (Phi) is 6.39. The molecule has 0 radical (unpaired) electrons. The molecule has 7 heteroatoms. The molecule has 0 atom stereocenters. The first-order valence-corrected chi connectivity index (χ1v) is 8.26. The standard InChI is InChI=1S/C13H20ClFN2O2S/c1-9(2)4-5-17-20(18,19)11-6-10(8-16-3)13(14)12(15)7-11/h6-7,9,16-17H,4-5,8H2,1-3H3. The van der Waals surface area contributed by atoms with E-state index in [-0.39, 0.29) is 9.92 Å². The SMILES string of the molecule is CNCc1cc(S(=O)(=O)NCCC(C)C)cc(F)c1Cl. The van der Waals surface area contributed by atoms with Gasteiger partial charge in [0, 0.05) is 13.1 Å². The summed E-state index contributed by atoms with van der Waals surface area (Å²) >= 11 is 5.81. The molecule has 2 N–H and O–H groups in total. The van der Waals surface area contributed by atoms with Crippen LogP contribution in [0.3, 0.4) is 0 Å². The minimum atomic E-state index is -3.71. The van der Waals surface area contributed by atoms with Gasteiger partial charge in [0.25, 0.3) is 0 Å². The molecule has 0 aliphatic carbocycles. The van der Waals surface area contributed by atoms with Gasteiger partial charge in [0.15, 0.2) is 0 Å². The molecule has 0 saturated carbocycles. The second-order valence-corrected chi connectivity index (χ2v) is 7.13. The topological polar surface area (TPSA) is 58.2 Å². The van der Waals surface area contributed by atoms with Crippen molar-refractivity contribution in [2.45, 2.75) is 31.7 Å². The van der Waals surface area contributed by atoms with Crippen molar-refractivity contribution in [2.75, 3.05) is 13.6 Å². The van der Waals surface area contributed by atoms with Gasteiger partial charge >= 0.3 is 0 Å². The van der Waals surface area contributed by atoms with Crippen LogP contribution in [-0.2, 0) is 16.6 Å². The zero-order valence-corrected chi connectivity index (χ0v) is 13.4. The van der Waals surface area contributed by atoms with Crippen LogP contribution < -0.4 is 10.0 Å². The van der Waals surface area contributed by atoms with Crippen LogP contribution >= 0.6 is 11.6 Å². The summed E-state index contributed by atoms with van der Waals surface area (Å²) in [6, 6.07) is 2.33. The minimum absolute atomic E-state index is 0.0551. The summed E-state index contributed by atoms with van der Waals surface area (Å²) in [6.07, 6.45) is 0.721. The van der Waals surface area contributed by atoms with E-state index in [4.69, 9.17) is 11.6 Å². The maximum atomic E-state index is 13.7. The molecule has 0 spiro atoms. The van der Waals surface area contributed by atoms with Crippen molar-refractivity contribution in [1.29, 1.82) is 0 Å². The van der Waals surface area contributed by atoms with E-state index in [0.29, 0.717) is 24.6 Å². The zero-order valence-electron chi connectivity index (χ0n) is 11.8. The third-order valence-corrected chi connectivity index (χ3v) is 4.63. The van der Waals surface area contributed by atoms with E-state index < -0.39 is 15.8 Å². The van der Waals surface area contributed by atoms with E-state index in [1.165, 1.54) is 6.07 Å². The Balaban J connectivity index is 3.00. The van der Waals surface area contributed by atoms with Gasteiger partial charge in [0.2, 0.25) is 10.0 Å². The molecule has 114 valence electrons. The Morgan fingerprint density at radius 1 is 1.35 bits per heavy atom. The lowest BCUT2D eigenvalue weighted by Gasteiger charge is -2.11. The molecular weight excluding hydrogens is 303 g/mol. The van der Waals surface area contributed by atoms with Crippen molar-refractivity contribution < 1.29 is 12.8 Å². The van der Waals surface area contributed by atoms with Crippen LogP contribution in [0.1, 0.15) is 25.8 Å². The van der Waals surface area contributed by atoms with E-state index >= 15 is 0 Å². The Bertz CT molecular complexity index is 562. The van der Waals surface area contributed by atoms with Crippen LogP contribution in [0.5, 0.6) is 0 Å². The fourth-order valence-electron chi connectivity index (χ4n) is 1.66. The number of hydrogen-bond donors (Lipinski definition) is 2. The van der Waals surface area contributed by atoms with E-state index in [2.05, 4.69) is 10.0 Å². The lowest BCUT2D eigenvalue weighted by molar-refractivity contribution is 0.550. The van der Waals surface area contributed by atoms with Crippen molar-refractivity contribution >= 4 is 21.6 Å². The molecule has 0 saturated heterocycles. The van der Waals surface area contributed by atoms with Gasteiger partial charge in [-0.05, 0) is 37.1 Å². The second-order valence-electron chi connectivity index (χ2n) is 4.99. The molecule has 1 rings (SSSR count). The minimum Gasteiger partial charge on any atom is -0.316 e. The van der Waals surface area contributed by atoms with Gasteiger partial charge in [0.1, 0.15) is 5.82 Å². The molecule has 0 unspecified atom stereocenters. The maximum absolute atomic E-state index is 13.7. The zero-order chi connectivity index (χ0) is 15.3. The van der Waals surface area contributed by atoms with Gasteiger partial charge in [-0.3, -0.25) is 0 Å². The Labute approximate surface area is 124 Å². The van der Waals surface area contributed by atoms with Crippen LogP contribution in [0.4, 0.5) is 4.39 Å². The van der Waals surface area contributed by atoms with Crippen molar-refractivity contribution in [3.8, 4) is 0 Å². The highest BCUT2D eigenvalue weighted by Gasteiger charge is 2.18. The first kappa shape index (κ1) is 17.4. The van der Waals surface area contributed by atoms with Gasteiger partial charge in [-0.2, -0.15) is 0 Å². The van der Waals surface area contributed by atoms with Crippen LogP contribution in [0, 0.1) is 11.7 Å². The maximum Gasteiger partial charge on any atom is 0.240 e. The summed E-state index contributed by atoms with van der Waals surface area (Å²) in [5.41, 5.74) is 0.415. The first-order valence-electron chi connectivity index (χ1n) is 6.40. The van der Waals surface area contributed by atoms with Crippen LogP contribution in [0.15, 0.2) is 17.0 Å². The summed E-state index contributed by atoms with van der Waals surface area (Å²) < 4.78 is 40.3. The monoisotopic (exact) mass is 322 g/mol. The average Bonchev–Trinajstić information content (AvgIpc) is 2.34. The number of hydrogen-bond acceptors (Lipinski definition) is 3. The normalized spacial score (nSPS) is 12.1. The van der Waals surface area contributed by atoms with Crippen molar-refractivity contribution in [2.24, 2.45) is 5.92 Å². The Hall–Kier alpha value is -0.690. The van der Waals surface area contributed by atoms with E-state index in [1.54, 1.807) is 7.05 Å². The lowest BCUT2D eigenvalue weighted by atomic mass is 10.1. The molecule has 20 heavy (non-hydrogen) atoms. The molecule has 1 aromatic rings. The number of rotatable bonds is 7. The Morgan fingerprint density at radius 3 is 2.55 bits per heavy atom. The molecule has 0 aliphatic rings. The van der Waals surface area contributed by atoms with E-state index in [0.717, 1.165) is 12.5 Å². The largest absolute Gasteiger partial charge is 0.316 e. The van der Waals surface area contributed by atoms with Gasteiger partial charge in [0.05, 0.1) is 9.92 Å². The van der Waals surface area contributed by atoms with Gasteiger partial charge in [-0.15, -0.1) is 0 Å².